The van der Waals surface area contributed by atoms with Crippen LogP contribution in [0.5, 0.6) is 0 Å². The zero-order valence-corrected chi connectivity index (χ0v) is 9.45. The number of rotatable bonds is 4. The quantitative estimate of drug-likeness (QED) is 0.793. The van der Waals surface area contributed by atoms with Crippen LogP contribution >= 0.6 is 0 Å². The maximum absolute atomic E-state index is 10.4. The molecule has 1 aliphatic rings. The molecule has 0 spiro atoms. The summed E-state index contributed by atoms with van der Waals surface area (Å²) in [6.45, 7) is 2.21. The number of benzene rings is 1. The largest absolute Gasteiger partial charge is 0.388 e. The van der Waals surface area contributed by atoms with E-state index in [2.05, 4.69) is 6.92 Å². The Bertz CT molecular complexity index is 300. The van der Waals surface area contributed by atoms with Crippen LogP contribution in [0.2, 0.25) is 0 Å². The molecule has 0 bridgehead atoms. The Labute approximate surface area is 92.1 Å². The van der Waals surface area contributed by atoms with Gasteiger partial charge in [0, 0.05) is 5.41 Å². The molecule has 0 aromatic heterocycles. The summed E-state index contributed by atoms with van der Waals surface area (Å²) in [6, 6.07) is 10.1. The van der Waals surface area contributed by atoms with Gasteiger partial charge in [-0.3, -0.25) is 0 Å². The molecule has 1 nitrogen and oxygen atoms in total. The van der Waals surface area contributed by atoms with E-state index in [0.29, 0.717) is 0 Å². The van der Waals surface area contributed by atoms with Gasteiger partial charge >= 0.3 is 0 Å². The first-order chi connectivity index (χ1) is 7.28. The Morgan fingerprint density at radius 3 is 2.40 bits per heavy atom. The van der Waals surface area contributed by atoms with Crippen LogP contribution in [0.15, 0.2) is 30.3 Å². The second-order valence-corrected chi connectivity index (χ2v) is 4.78. The lowest BCUT2D eigenvalue weighted by Crippen LogP contribution is -2.35. The van der Waals surface area contributed by atoms with Gasteiger partial charge < -0.3 is 5.11 Å². The lowest BCUT2D eigenvalue weighted by Gasteiger charge is -2.46. The van der Waals surface area contributed by atoms with E-state index in [0.717, 1.165) is 12.0 Å². The van der Waals surface area contributed by atoms with E-state index < -0.39 is 0 Å². The lowest BCUT2D eigenvalue weighted by atomic mass is 9.61. The van der Waals surface area contributed by atoms with Gasteiger partial charge in [-0.15, -0.1) is 0 Å². The molecule has 1 fully saturated rings. The molecule has 0 amide bonds. The lowest BCUT2D eigenvalue weighted by molar-refractivity contribution is -0.0440. The average Bonchev–Trinajstić information content (AvgIpc) is 2.24. The van der Waals surface area contributed by atoms with Crippen LogP contribution in [-0.4, -0.2) is 5.11 Å². The predicted molar refractivity (Wildman–Crippen MR) is 62.6 cm³/mol. The number of aliphatic hydroxyl groups is 1. The Kier molecular flexibility index (Phi) is 3.11. The van der Waals surface area contributed by atoms with Gasteiger partial charge in [0.05, 0.1) is 6.10 Å². The summed E-state index contributed by atoms with van der Waals surface area (Å²) in [5, 5.41) is 10.4. The normalized spacial score (nSPS) is 20.7. The van der Waals surface area contributed by atoms with E-state index in [1.807, 2.05) is 30.3 Å². The first-order valence-corrected chi connectivity index (χ1v) is 6.01. The Balaban J connectivity index is 2.15. The van der Waals surface area contributed by atoms with Crippen LogP contribution in [-0.2, 0) is 0 Å². The minimum Gasteiger partial charge on any atom is -0.388 e. The predicted octanol–water partition coefficient (Wildman–Crippen LogP) is 3.69. The molecule has 1 unspecified atom stereocenters. The van der Waals surface area contributed by atoms with Crippen LogP contribution < -0.4 is 0 Å². The first kappa shape index (κ1) is 10.7. The fraction of sp³-hybridized carbons (Fsp3) is 0.571. The number of hydrogen-bond acceptors (Lipinski definition) is 1. The van der Waals surface area contributed by atoms with Crippen molar-refractivity contribution in [2.45, 2.75) is 45.1 Å². The zero-order valence-electron chi connectivity index (χ0n) is 9.45. The van der Waals surface area contributed by atoms with E-state index in [-0.39, 0.29) is 11.5 Å². The summed E-state index contributed by atoms with van der Waals surface area (Å²) in [4.78, 5) is 0. The molecule has 0 aliphatic heterocycles. The van der Waals surface area contributed by atoms with Crippen LogP contribution in [0, 0.1) is 5.41 Å². The monoisotopic (exact) mass is 204 g/mol. The van der Waals surface area contributed by atoms with Crippen LogP contribution in [0.1, 0.15) is 50.7 Å². The van der Waals surface area contributed by atoms with E-state index in [4.69, 9.17) is 0 Å². The van der Waals surface area contributed by atoms with Crippen molar-refractivity contribution in [2.75, 3.05) is 0 Å². The summed E-state index contributed by atoms with van der Waals surface area (Å²) in [7, 11) is 0. The van der Waals surface area contributed by atoms with Crippen molar-refractivity contribution in [3.8, 4) is 0 Å². The SMILES string of the molecule is CCCC1(C(O)c2ccccc2)CCC1. The molecule has 1 N–H and O–H groups in total. The topological polar surface area (TPSA) is 20.2 Å². The third kappa shape index (κ3) is 1.93. The minimum absolute atomic E-state index is 0.191. The molecule has 1 aliphatic carbocycles. The molecule has 1 heteroatoms. The second-order valence-electron chi connectivity index (χ2n) is 4.78. The van der Waals surface area contributed by atoms with E-state index in [1.54, 1.807) is 0 Å². The molecule has 1 aromatic carbocycles. The Morgan fingerprint density at radius 1 is 1.27 bits per heavy atom. The first-order valence-electron chi connectivity index (χ1n) is 6.01. The van der Waals surface area contributed by atoms with Crippen molar-refractivity contribution in [1.82, 2.24) is 0 Å². The molecule has 1 saturated carbocycles. The molecule has 0 heterocycles. The van der Waals surface area contributed by atoms with Crippen molar-refractivity contribution in [3.05, 3.63) is 35.9 Å². The summed E-state index contributed by atoms with van der Waals surface area (Å²) < 4.78 is 0. The molecule has 0 saturated heterocycles. The molecule has 0 radical (unpaired) electrons. The average molecular weight is 204 g/mol. The summed E-state index contributed by atoms with van der Waals surface area (Å²) in [5.41, 5.74) is 1.28. The van der Waals surface area contributed by atoms with Crippen molar-refractivity contribution in [2.24, 2.45) is 5.41 Å². The Hall–Kier alpha value is -0.820. The van der Waals surface area contributed by atoms with Gasteiger partial charge in [-0.25, -0.2) is 0 Å². The maximum atomic E-state index is 10.4. The van der Waals surface area contributed by atoms with Gasteiger partial charge in [-0.1, -0.05) is 50.1 Å². The summed E-state index contributed by atoms with van der Waals surface area (Å²) >= 11 is 0. The van der Waals surface area contributed by atoms with Gasteiger partial charge in [0.1, 0.15) is 0 Å². The van der Waals surface area contributed by atoms with Crippen LogP contribution in [0.3, 0.4) is 0 Å². The van der Waals surface area contributed by atoms with E-state index in [1.165, 1.54) is 25.7 Å². The van der Waals surface area contributed by atoms with Crippen molar-refractivity contribution < 1.29 is 5.11 Å². The highest BCUT2D eigenvalue weighted by atomic mass is 16.3. The van der Waals surface area contributed by atoms with Crippen molar-refractivity contribution in [1.29, 1.82) is 0 Å². The van der Waals surface area contributed by atoms with Gasteiger partial charge in [0.15, 0.2) is 0 Å². The third-order valence-electron chi connectivity index (χ3n) is 3.79. The van der Waals surface area contributed by atoms with Gasteiger partial charge in [-0.2, -0.15) is 0 Å². The van der Waals surface area contributed by atoms with E-state index >= 15 is 0 Å². The minimum atomic E-state index is -0.257. The second kappa shape index (κ2) is 4.36. The standard InChI is InChI=1S/C14H20O/c1-2-9-14(10-6-11-14)13(15)12-7-4-3-5-8-12/h3-5,7-8,13,15H,2,6,9-11H2,1H3. The zero-order chi connectivity index (χ0) is 10.7. The molecular formula is C14H20O. The van der Waals surface area contributed by atoms with Crippen molar-refractivity contribution in [3.63, 3.8) is 0 Å². The maximum Gasteiger partial charge on any atom is 0.0846 e. The highest BCUT2D eigenvalue weighted by Crippen LogP contribution is 2.53. The summed E-state index contributed by atoms with van der Waals surface area (Å²) in [6.07, 6.45) is 5.73. The fourth-order valence-electron chi connectivity index (χ4n) is 2.78. The van der Waals surface area contributed by atoms with Crippen LogP contribution in [0.25, 0.3) is 0 Å². The fourth-order valence-corrected chi connectivity index (χ4v) is 2.78. The molecule has 1 atom stereocenters. The summed E-state index contributed by atoms with van der Waals surface area (Å²) in [5.74, 6) is 0. The van der Waals surface area contributed by atoms with Crippen LogP contribution in [0.4, 0.5) is 0 Å². The third-order valence-corrected chi connectivity index (χ3v) is 3.79. The van der Waals surface area contributed by atoms with E-state index in [9.17, 15) is 5.11 Å². The smallest absolute Gasteiger partial charge is 0.0846 e. The highest BCUT2D eigenvalue weighted by molar-refractivity contribution is 5.20. The van der Waals surface area contributed by atoms with Crippen molar-refractivity contribution >= 4 is 0 Å². The number of aliphatic hydroxyl groups excluding tert-OH is 1. The number of hydrogen-bond donors (Lipinski definition) is 1. The van der Waals surface area contributed by atoms with Gasteiger partial charge in [0.25, 0.3) is 0 Å². The molecular weight excluding hydrogens is 184 g/mol. The Morgan fingerprint density at radius 2 is 1.93 bits per heavy atom. The van der Waals surface area contributed by atoms with Gasteiger partial charge in [-0.05, 0) is 24.8 Å². The molecule has 82 valence electrons. The molecule has 1 aromatic rings. The molecule has 2 rings (SSSR count). The van der Waals surface area contributed by atoms with Gasteiger partial charge in [0.2, 0.25) is 0 Å². The highest BCUT2D eigenvalue weighted by Gasteiger charge is 2.42. The molecule has 15 heavy (non-hydrogen) atoms.